The van der Waals surface area contributed by atoms with Crippen LogP contribution in [-0.4, -0.2) is 120 Å². The summed E-state index contributed by atoms with van der Waals surface area (Å²) in [5.74, 6) is -12.2. The topological polar surface area (TPSA) is 396 Å². The summed E-state index contributed by atoms with van der Waals surface area (Å²) in [7, 11) is 0. The second kappa shape index (κ2) is 30.8. The molecule has 1 heterocycles. The first-order chi connectivity index (χ1) is 37.0. The third kappa shape index (κ3) is 20.5. The van der Waals surface area contributed by atoms with E-state index < -0.39 is 133 Å². The largest absolute Gasteiger partial charge is 0.481 e. The number of amides is 6. The predicted molar refractivity (Wildman–Crippen MR) is 281 cm³/mol. The number of unbranched alkanes of at least 4 members (excludes halogenated alkanes) is 2. The van der Waals surface area contributed by atoms with Gasteiger partial charge in [0.1, 0.15) is 29.5 Å². The van der Waals surface area contributed by atoms with Crippen molar-refractivity contribution in [3.05, 3.63) is 72.0 Å². The van der Waals surface area contributed by atoms with E-state index >= 15 is 0 Å². The van der Waals surface area contributed by atoms with Gasteiger partial charge >= 0.3 is 29.9 Å². The van der Waals surface area contributed by atoms with Crippen LogP contribution in [0.15, 0.2) is 60.7 Å². The highest BCUT2D eigenvalue weighted by atomic mass is 19.1. The molecular formula is C53H66FN9O15. The lowest BCUT2D eigenvalue weighted by atomic mass is 9.94. The van der Waals surface area contributed by atoms with Crippen LogP contribution in [0.25, 0.3) is 22.0 Å². The van der Waals surface area contributed by atoms with Crippen molar-refractivity contribution in [2.24, 2.45) is 17.6 Å². The highest BCUT2D eigenvalue weighted by molar-refractivity contribution is 6.07. The number of halogens is 1. The van der Waals surface area contributed by atoms with Crippen molar-refractivity contribution < 1.29 is 77.6 Å². The normalized spacial score (nSPS) is 12.9. The Bertz CT molecular complexity index is 2820. The summed E-state index contributed by atoms with van der Waals surface area (Å²) in [6, 6.07) is 11.5. The average Bonchev–Trinajstić information content (AvgIpc) is 3.83. The molecular weight excluding hydrogens is 1020 g/mol. The maximum Gasteiger partial charge on any atom is 0.326 e. The quantitative estimate of drug-likeness (QED) is 0.0266. The van der Waals surface area contributed by atoms with Gasteiger partial charge in [0.25, 0.3) is 0 Å². The number of Topliss-reactive ketones (excluding diaryl/α,β-unsaturated/α-hetero) is 2. The fraction of sp³-hybridized carbons (Fsp3) is 0.434. The van der Waals surface area contributed by atoms with Crippen LogP contribution in [-0.2, 0) is 47.9 Å². The molecule has 6 amide bonds. The standard InChI is InChI=1S/C53H66FN9O15/c1-3-8-31(49(70)71)26-34(64)18-21-40(51(74)75)58-44(67)23-15-32(50(72)73)27-35(65)19-22-41(52(76)77)59-48(69)38(55)28-45(68)56-24-6-4-5-11-43(66)61-47-46-36(9-7-10-39(46)62-63-47)30-13-16-33(17-14-30)57-53(78)60-42-25-29(2)12-20-37(42)54/h7,9-10,12-14,16-17,20,25,31-32,38,40-41H,3-6,8,11,15,18-19,21-24,26-28,55H2,1-2H3,(H,56,68)(H,58,67)(H,59,69)(H,70,71)(H,72,73)(H,74,75)(H,76,77)(H2,57,60,78)(H2,61,62,63,66)/t31-,32-,38+,40+,41+/m1/s1. The summed E-state index contributed by atoms with van der Waals surface area (Å²) in [4.78, 5) is 136. The first kappa shape index (κ1) is 61.9. The van der Waals surface area contributed by atoms with Gasteiger partial charge in [-0.2, -0.15) is 5.10 Å². The fourth-order valence-corrected chi connectivity index (χ4v) is 8.23. The van der Waals surface area contributed by atoms with Gasteiger partial charge in [-0.05, 0) is 92.5 Å². The van der Waals surface area contributed by atoms with Crippen molar-refractivity contribution >= 4 is 93.2 Å². The molecule has 0 saturated heterocycles. The van der Waals surface area contributed by atoms with E-state index in [2.05, 4.69) is 42.1 Å². The lowest BCUT2D eigenvalue weighted by Gasteiger charge is -2.18. The number of fused-ring (bicyclic) bond motifs is 1. The number of nitrogens with two attached hydrogens (primary N) is 1. The molecule has 0 aliphatic rings. The van der Waals surface area contributed by atoms with E-state index in [9.17, 15) is 77.6 Å². The number of nitrogens with one attached hydrogen (secondary N) is 7. The van der Waals surface area contributed by atoms with E-state index in [1.165, 1.54) is 12.1 Å². The zero-order valence-corrected chi connectivity index (χ0v) is 43.2. The minimum atomic E-state index is -1.64. The van der Waals surface area contributed by atoms with Gasteiger partial charge < -0.3 is 58.1 Å². The van der Waals surface area contributed by atoms with Gasteiger partial charge in [-0.25, -0.2) is 18.8 Å². The second-order valence-corrected chi connectivity index (χ2v) is 18.8. The van der Waals surface area contributed by atoms with Crippen LogP contribution in [0.2, 0.25) is 0 Å². The van der Waals surface area contributed by atoms with Gasteiger partial charge in [0, 0.05) is 50.8 Å². The third-order valence-corrected chi connectivity index (χ3v) is 12.5. The summed E-state index contributed by atoms with van der Waals surface area (Å²) < 4.78 is 14.1. The predicted octanol–water partition coefficient (Wildman–Crippen LogP) is 5.25. The molecule has 0 unspecified atom stereocenters. The van der Waals surface area contributed by atoms with Crippen LogP contribution >= 0.6 is 0 Å². The molecule has 1 aromatic heterocycles. The number of hydrogen-bond donors (Lipinski definition) is 12. The number of urea groups is 1. The van der Waals surface area contributed by atoms with Crippen molar-refractivity contribution in [3.63, 3.8) is 0 Å². The van der Waals surface area contributed by atoms with E-state index in [0.29, 0.717) is 48.1 Å². The number of benzene rings is 3. The Hall–Kier alpha value is -8.61. The number of carbonyl (C=O) groups excluding carboxylic acids is 7. The van der Waals surface area contributed by atoms with Crippen LogP contribution in [0.4, 0.5) is 26.4 Å². The van der Waals surface area contributed by atoms with Gasteiger partial charge in [0.2, 0.25) is 23.6 Å². The Balaban J connectivity index is 1.14. The minimum Gasteiger partial charge on any atom is -0.481 e. The van der Waals surface area contributed by atoms with Crippen molar-refractivity contribution in [1.29, 1.82) is 0 Å². The number of carboxylic acid groups (broad SMARTS) is 4. The number of H-pyrrole nitrogens is 1. The second-order valence-electron chi connectivity index (χ2n) is 18.8. The van der Waals surface area contributed by atoms with E-state index in [-0.39, 0.29) is 50.2 Å². The van der Waals surface area contributed by atoms with Crippen LogP contribution < -0.4 is 37.6 Å². The smallest absolute Gasteiger partial charge is 0.326 e. The third-order valence-electron chi connectivity index (χ3n) is 12.5. The number of ketones is 2. The zero-order chi connectivity index (χ0) is 57.5. The molecule has 0 fully saturated rings. The molecule has 0 aliphatic heterocycles. The van der Waals surface area contributed by atoms with Crippen molar-refractivity contribution in [2.45, 2.75) is 128 Å². The highest BCUT2D eigenvalue weighted by Crippen LogP contribution is 2.33. The molecule has 420 valence electrons. The number of aliphatic carboxylic acids is 4. The molecule has 13 N–H and O–H groups in total. The molecule has 5 atom stereocenters. The van der Waals surface area contributed by atoms with Crippen molar-refractivity contribution in [1.82, 2.24) is 26.1 Å². The van der Waals surface area contributed by atoms with Gasteiger partial charge in [-0.15, -0.1) is 0 Å². The highest BCUT2D eigenvalue weighted by Gasteiger charge is 2.29. The average molecular weight is 1090 g/mol. The first-order valence-electron chi connectivity index (χ1n) is 25.3. The maximum absolute atomic E-state index is 14.1. The number of anilines is 3. The summed E-state index contributed by atoms with van der Waals surface area (Å²) in [6.45, 7) is 3.71. The van der Waals surface area contributed by atoms with Gasteiger partial charge in [-0.1, -0.05) is 50.1 Å². The summed E-state index contributed by atoms with van der Waals surface area (Å²) in [6.07, 6.45) is -1.64. The molecule has 4 rings (SSSR count). The van der Waals surface area contributed by atoms with E-state index in [1.807, 2.05) is 12.1 Å². The number of aryl methyl sites for hydroxylation is 1. The van der Waals surface area contributed by atoms with E-state index in [0.717, 1.165) is 16.7 Å². The molecule has 78 heavy (non-hydrogen) atoms. The molecule has 24 nitrogen and oxygen atoms in total. The molecule has 4 aromatic rings. The number of carboxylic acids is 4. The first-order valence-corrected chi connectivity index (χ1v) is 25.3. The summed E-state index contributed by atoms with van der Waals surface area (Å²) >= 11 is 0. The number of aromatic nitrogens is 2. The Morgan fingerprint density at radius 2 is 1.27 bits per heavy atom. The molecule has 0 bridgehead atoms. The minimum absolute atomic E-state index is 0.0458. The summed E-state index contributed by atoms with van der Waals surface area (Å²) in [5, 5.41) is 61.1. The fourth-order valence-electron chi connectivity index (χ4n) is 8.23. The molecule has 3 aromatic carbocycles. The number of rotatable bonds is 34. The van der Waals surface area contributed by atoms with Gasteiger partial charge in [0.05, 0.1) is 40.9 Å². The molecule has 25 heteroatoms. The number of hydrogen-bond acceptors (Lipinski definition) is 13. The van der Waals surface area contributed by atoms with Crippen molar-refractivity contribution in [2.75, 3.05) is 22.5 Å². The van der Waals surface area contributed by atoms with E-state index in [1.54, 1.807) is 50.2 Å². The number of carbonyl (C=O) groups is 11. The van der Waals surface area contributed by atoms with Crippen LogP contribution in [0.5, 0.6) is 0 Å². The molecule has 0 saturated carbocycles. The lowest BCUT2D eigenvalue weighted by molar-refractivity contribution is -0.145. The zero-order valence-electron chi connectivity index (χ0n) is 43.2. The lowest BCUT2D eigenvalue weighted by Crippen LogP contribution is -2.50. The van der Waals surface area contributed by atoms with Crippen LogP contribution in [0.1, 0.15) is 109 Å². The Morgan fingerprint density at radius 1 is 0.641 bits per heavy atom. The Morgan fingerprint density at radius 3 is 1.88 bits per heavy atom. The monoisotopic (exact) mass is 1090 g/mol. The Kier molecular flexibility index (Phi) is 24.5. The van der Waals surface area contributed by atoms with Gasteiger partial charge in [0.15, 0.2) is 5.82 Å². The van der Waals surface area contributed by atoms with Crippen LogP contribution in [0.3, 0.4) is 0 Å². The van der Waals surface area contributed by atoms with Crippen LogP contribution in [0, 0.1) is 24.6 Å². The Labute approximate surface area is 447 Å². The molecule has 0 aliphatic carbocycles. The van der Waals surface area contributed by atoms with E-state index in [4.69, 9.17) is 5.73 Å². The summed E-state index contributed by atoms with van der Waals surface area (Å²) in [5.41, 5.74) is 9.34. The SMILES string of the molecule is CCC[C@H](CC(=O)CC[C@H](NC(=O)CC[C@H](CC(=O)CC[C@H](NC(=O)[C@@H](N)CC(=O)NCCCCCC(=O)Nc1n[nH]c2cccc(-c3ccc(NC(=O)Nc4cc(C)ccc4F)cc3)c12)C(=O)O)C(=O)O)C(=O)O)C(=O)O. The number of nitrogens with zero attached hydrogens (tertiary/aromatic N) is 1. The number of aromatic amines is 1. The molecule has 0 radical (unpaired) electrons. The maximum atomic E-state index is 14.1. The van der Waals surface area contributed by atoms with Gasteiger partial charge in [-0.3, -0.25) is 43.5 Å². The molecule has 0 spiro atoms. The van der Waals surface area contributed by atoms with Crippen molar-refractivity contribution in [3.8, 4) is 11.1 Å².